The summed E-state index contributed by atoms with van der Waals surface area (Å²) in [5.74, 6) is 2.07. The van der Waals surface area contributed by atoms with Crippen LogP contribution >= 0.6 is 11.6 Å². The zero-order valence-electron chi connectivity index (χ0n) is 10.4. The second-order valence-corrected chi connectivity index (χ2v) is 6.00. The van der Waals surface area contributed by atoms with Crippen LogP contribution in [0.15, 0.2) is 12.3 Å². The summed E-state index contributed by atoms with van der Waals surface area (Å²) in [4.78, 5) is 4.68. The smallest absolute Gasteiger partial charge is 0.174 e. The third kappa shape index (κ3) is 1.81. The van der Waals surface area contributed by atoms with Gasteiger partial charge in [-0.25, -0.2) is 9.50 Å². The van der Waals surface area contributed by atoms with Gasteiger partial charge in [0.2, 0.25) is 0 Å². The van der Waals surface area contributed by atoms with Gasteiger partial charge in [0.1, 0.15) is 16.8 Å². The van der Waals surface area contributed by atoms with Gasteiger partial charge in [-0.3, -0.25) is 0 Å². The van der Waals surface area contributed by atoms with E-state index in [1.807, 2.05) is 6.07 Å². The van der Waals surface area contributed by atoms with Crippen molar-refractivity contribution >= 4 is 17.2 Å². The zero-order valence-corrected chi connectivity index (χ0v) is 11.1. The van der Waals surface area contributed by atoms with Crippen molar-refractivity contribution < 1.29 is 0 Å². The average Bonchev–Trinajstić information content (AvgIpc) is 3.31. The molecule has 19 heavy (non-hydrogen) atoms. The third-order valence-corrected chi connectivity index (χ3v) is 4.44. The Hall–Kier alpha value is -1.60. The number of nitrogens with zero attached hydrogens (tertiary/aromatic N) is 4. The summed E-state index contributed by atoms with van der Waals surface area (Å²) in [5, 5.41) is 13.8. The quantitative estimate of drug-likeness (QED) is 0.807. The first-order valence-electron chi connectivity index (χ1n) is 6.72. The highest BCUT2D eigenvalue weighted by molar-refractivity contribution is 6.29. The molecule has 2 aromatic rings. The minimum atomic E-state index is 0.495. The fourth-order valence-corrected chi connectivity index (χ4v) is 3.21. The van der Waals surface area contributed by atoms with Crippen molar-refractivity contribution in [2.24, 2.45) is 11.8 Å². The average molecular weight is 273 g/mol. The Morgan fingerprint density at radius 3 is 2.58 bits per heavy atom. The predicted molar refractivity (Wildman–Crippen MR) is 70.9 cm³/mol. The molecule has 4 nitrogen and oxygen atoms in total. The van der Waals surface area contributed by atoms with Crippen molar-refractivity contribution in [3.05, 3.63) is 28.7 Å². The number of nitriles is 1. The first-order valence-corrected chi connectivity index (χ1v) is 7.10. The van der Waals surface area contributed by atoms with Gasteiger partial charge in [0.05, 0.1) is 6.20 Å². The van der Waals surface area contributed by atoms with E-state index in [2.05, 4.69) is 16.2 Å². The van der Waals surface area contributed by atoms with Crippen LogP contribution in [0.2, 0.25) is 5.15 Å². The maximum Gasteiger partial charge on any atom is 0.174 e. The van der Waals surface area contributed by atoms with Crippen LogP contribution in [0.3, 0.4) is 0 Å². The molecule has 0 unspecified atom stereocenters. The Kier molecular flexibility index (Phi) is 2.33. The van der Waals surface area contributed by atoms with E-state index in [0.29, 0.717) is 22.3 Å². The molecule has 2 saturated carbocycles. The van der Waals surface area contributed by atoms with Gasteiger partial charge in [0.25, 0.3) is 0 Å². The number of fused-ring (bicyclic) bond motifs is 1. The molecule has 4 rings (SSSR count). The van der Waals surface area contributed by atoms with Crippen molar-refractivity contribution in [1.29, 1.82) is 5.26 Å². The molecule has 0 amide bonds. The molecular weight excluding hydrogens is 260 g/mol. The lowest BCUT2D eigenvalue weighted by atomic mass is 9.94. The van der Waals surface area contributed by atoms with Gasteiger partial charge in [0, 0.05) is 11.6 Å². The molecule has 2 fully saturated rings. The Morgan fingerprint density at radius 2 is 2.00 bits per heavy atom. The van der Waals surface area contributed by atoms with Crippen LogP contribution < -0.4 is 0 Å². The summed E-state index contributed by atoms with van der Waals surface area (Å²) < 4.78 is 1.54. The Balaban J connectivity index is 1.87. The van der Waals surface area contributed by atoms with E-state index in [1.54, 1.807) is 4.52 Å². The number of aromatic nitrogens is 3. The van der Waals surface area contributed by atoms with Gasteiger partial charge in [0.15, 0.2) is 5.65 Å². The maximum absolute atomic E-state index is 9.10. The molecule has 2 heterocycles. The zero-order chi connectivity index (χ0) is 13.0. The standard InChI is InChI=1S/C14H13ClN4/c15-12-5-11(13(8-1-2-8)9-3-4-9)18-14-10(6-16)7-17-19(12)14/h5,7-9,13H,1-4H2. The van der Waals surface area contributed by atoms with Crippen LogP contribution in [0, 0.1) is 23.2 Å². The van der Waals surface area contributed by atoms with E-state index in [1.165, 1.54) is 31.9 Å². The molecule has 0 N–H and O–H groups in total. The molecule has 0 aromatic carbocycles. The van der Waals surface area contributed by atoms with E-state index in [0.717, 1.165) is 17.5 Å². The maximum atomic E-state index is 9.10. The monoisotopic (exact) mass is 272 g/mol. The van der Waals surface area contributed by atoms with Crippen molar-refractivity contribution in [3.8, 4) is 6.07 Å². The molecule has 5 heteroatoms. The highest BCUT2D eigenvalue weighted by Crippen LogP contribution is 2.54. The molecule has 0 bridgehead atoms. The van der Waals surface area contributed by atoms with Gasteiger partial charge in [-0.1, -0.05) is 11.6 Å². The number of rotatable bonds is 3. The summed E-state index contributed by atoms with van der Waals surface area (Å²) in [6, 6.07) is 4.06. The van der Waals surface area contributed by atoms with E-state index < -0.39 is 0 Å². The Labute approximate surface area is 116 Å². The van der Waals surface area contributed by atoms with Gasteiger partial charge in [-0.2, -0.15) is 10.4 Å². The fraction of sp³-hybridized carbons (Fsp3) is 0.500. The number of hydrogen-bond donors (Lipinski definition) is 0. The van der Waals surface area contributed by atoms with Crippen molar-refractivity contribution in [1.82, 2.24) is 14.6 Å². The van der Waals surface area contributed by atoms with Crippen LogP contribution in [-0.4, -0.2) is 14.6 Å². The Morgan fingerprint density at radius 1 is 1.32 bits per heavy atom. The summed E-state index contributed by atoms with van der Waals surface area (Å²) in [7, 11) is 0. The van der Waals surface area contributed by atoms with Crippen LogP contribution in [0.4, 0.5) is 0 Å². The van der Waals surface area contributed by atoms with Crippen LogP contribution in [0.5, 0.6) is 0 Å². The highest BCUT2D eigenvalue weighted by atomic mass is 35.5. The predicted octanol–water partition coefficient (Wildman–Crippen LogP) is 3.16. The first-order chi connectivity index (χ1) is 9.28. The van der Waals surface area contributed by atoms with Gasteiger partial charge in [-0.05, 0) is 43.6 Å². The lowest BCUT2D eigenvalue weighted by Gasteiger charge is -2.15. The van der Waals surface area contributed by atoms with Gasteiger partial charge >= 0.3 is 0 Å². The fourth-order valence-electron chi connectivity index (χ4n) is 2.97. The molecule has 2 aliphatic rings. The molecule has 0 spiro atoms. The molecule has 2 aliphatic carbocycles. The number of hydrogen-bond acceptors (Lipinski definition) is 3. The lowest BCUT2D eigenvalue weighted by Crippen LogP contribution is -2.08. The summed E-state index contributed by atoms with van der Waals surface area (Å²) in [5.41, 5.74) is 2.14. The summed E-state index contributed by atoms with van der Waals surface area (Å²) in [6.45, 7) is 0. The van der Waals surface area contributed by atoms with Gasteiger partial charge < -0.3 is 0 Å². The normalized spacial score (nSPS) is 19.0. The van der Waals surface area contributed by atoms with Crippen LogP contribution in [0.1, 0.15) is 42.9 Å². The summed E-state index contributed by atoms with van der Waals surface area (Å²) in [6.07, 6.45) is 6.74. The minimum absolute atomic E-state index is 0.495. The topological polar surface area (TPSA) is 54.0 Å². The highest BCUT2D eigenvalue weighted by Gasteiger charge is 2.43. The van der Waals surface area contributed by atoms with Crippen molar-refractivity contribution in [3.63, 3.8) is 0 Å². The van der Waals surface area contributed by atoms with E-state index >= 15 is 0 Å². The molecule has 0 radical (unpaired) electrons. The molecule has 0 atom stereocenters. The second-order valence-electron chi connectivity index (χ2n) is 5.61. The number of halogens is 1. The van der Waals surface area contributed by atoms with Crippen LogP contribution in [-0.2, 0) is 0 Å². The molecule has 96 valence electrons. The molecule has 2 aromatic heterocycles. The molecular formula is C14H13ClN4. The van der Waals surface area contributed by atoms with Crippen molar-refractivity contribution in [2.75, 3.05) is 0 Å². The van der Waals surface area contributed by atoms with E-state index in [4.69, 9.17) is 16.9 Å². The first kappa shape index (κ1) is 11.2. The molecule has 0 aliphatic heterocycles. The van der Waals surface area contributed by atoms with Gasteiger partial charge in [-0.15, -0.1) is 0 Å². The molecule has 0 saturated heterocycles. The van der Waals surface area contributed by atoms with E-state index in [-0.39, 0.29) is 0 Å². The Bertz CT molecular complexity index is 679. The summed E-state index contributed by atoms with van der Waals surface area (Å²) >= 11 is 6.28. The van der Waals surface area contributed by atoms with Crippen LogP contribution in [0.25, 0.3) is 5.65 Å². The second kappa shape index (κ2) is 3.94. The minimum Gasteiger partial charge on any atom is -0.232 e. The van der Waals surface area contributed by atoms with E-state index in [9.17, 15) is 0 Å². The lowest BCUT2D eigenvalue weighted by molar-refractivity contribution is 0.524. The SMILES string of the molecule is N#Cc1cnn2c(Cl)cc(C(C3CC3)C3CC3)nc12. The van der Waals surface area contributed by atoms with Crippen molar-refractivity contribution in [2.45, 2.75) is 31.6 Å². The largest absolute Gasteiger partial charge is 0.232 e. The third-order valence-electron chi connectivity index (χ3n) is 4.17.